The Hall–Kier alpha value is -0.870. The van der Waals surface area contributed by atoms with Crippen molar-refractivity contribution < 1.29 is 14.3 Å². The number of ether oxygens (including phenoxy) is 1. The van der Waals surface area contributed by atoms with Gasteiger partial charge in [-0.3, -0.25) is 9.59 Å². The van der Waals surface area contributed by atoms with E-state index in [2.05, 4.69) is 15.9 Å². The van der Waals surface area contributed by atoms with Crippen molar-refractivity contribution in [3.63, 3.8) is 0 Å². The molecule has 0 radical (unpaired) electrons. The van der Waals surface area contributed by atoms with Gasteiger partial charge < -0.3 is 4.74 Å². The Morgan fingerprint density at radius 1 is 1.44 bits per heavy atom. The SMILES string of the molecule is CCOC(=O)Cc1ccc(Br)c(C(=O)C(C)Cl)c1. The molecule has 0 aromatic heterocycles. The highest BCUT2D eigenvalue weighted by Crippen LogP contribution is 2.21. The fourth-order valence-electron chi connectivity index (χ4n) is 1.46. The summed E-state index contributed by atoms with van der Waals surface area (Å²) < 4.78 is 5.54. The number of rotatable bonds is 5. The van der Waals surface area contributed by atoms with Crippen molar-refractivity contribution in [2.45, 2.75) is 25.6 Å². The van der Waals surface area contributed by atoms with E-state index in [0.717, 1.165) is 5.56 Å². The third-order valence-electron chi connectivity index (χ3n) is 2.31. The summed E-state index contributed by atoms with van der Waals surface area (Å²) >= 11 is 9.08. The summed E-state index contributed by atoms with van der Waals surface area (Å²) in [5.74, 6) is -0.480. The van der Waals surface area contributed by atoms with Crippen LogP contribution in [0.2, 0.25) is 0 Å². The minimum atomic E-state index is -0.598. The molecule has 1 atom stereocenters. The number of ketones is 1. The van der Waals surface area contributed by atoms with E-state index in [1.54, 1.807) is 32.0 Å². The molecule has 0 aliphatic rings. The first kappa shape index (κ1) is 15.2. The van der Waals surface area contributed by atoms with E-state index in [-0.39, 0.29) is 18.2 Å². The van der Waals surface area contributed by atoms with Gasteiger partial charge in [0.1, 0.15) is 0 Å². The van der Waals surface area contributed by atoms with E-state index in [9.17, 15) is 9.59 Å². The van der Waals surface area contributed by atoms with Crippen LogP contribution in [0.5, 0.6) is 0 Å². The minimum absolute atomic E-state index is 0.151. The topological polar surface area (TPSA) is 43.4 Å². The molecule has 1 rings (SSSR count). The molecule has 3 nitrogen and oxygen atoms in total. The fourth-order valence-corrected chi connectivity index (χ4v) is 2.02. The van der Waals surface area contributed by atoms with E-state index in [1.165, 1.54) is 0 Å². The highest BCUT2D eigenvalue weighted by molar-refractivity contribution is 9.10. The summed E-state index contributed by atoms with van der Waals surface area (Å²) in [5, 5.41) is -0.598. The van der Waals surface area contributed by atoms with Crippen molar-refractivity contribution in [2.75, 3.05) is 6.61 Å². The molecule has 1 aromatic carbocycles. The summed E-state index contributed by atoms with van der Waals surface area (Å²) in [6, 6.07) is 5.18. The largest absolute Gasteiger partial charge is 0.466 e. The Morgan fingerprint density at radius 3 is 2.67 bits per heavy atom. The van der Waals surface area contributed by atoms with Crippen LogP contribution >= 0.6 is 27.5 Å². The van der Waals surface area contributed by atoms with E-state index < -0.39 is 5.38 Å². The molecule has 5 heteroatoms. The smallest absolute Gasteiger partial charge is 0.310 e. The summed E-state index contributed by atoms with van der Waals surface area (Å²) in [7, 11) is 0. The highest BCUT2D eigenvalue weighted by Gasteiger charge is 2.16. The molecule has 0 amide bonds. The molecule has 0 N–H and O–H groups in total. The first-order valence-electron chi connectivity index (χ1n) is 5.58. The zero-order valence-electron chi connectivity index (χ0n) is 10.2. The zero-order valence-corrected chi connectivity index (χ0v) is 12.5. The van der Waals surface area contributed by atoms with Crippen molar-refractivity contribution in [1.82, 2.24) is 0 Å². The Kier molecular flexibility index (Phi) is 5.82. The summed E-state index contributed by atoms with van der Waals surface area (Å²) in [6.07, 6.45) is 0.151. The van der Waals surface area contributed by atoms with E-state index in [1.807, 2.05) is 0 Å². The predicted octanol–water partition coefficient (Wildman–Crippen LogP) is 3.36. The number of Topliss-reactive ketones (excluding diaryl/α,β-unsaturated/α-hetero) is 1. The molecule has 0 heterocycles. The maximum Gasteiger partial charge on any atom is 0.310 e. The lowest BCUT2D eigenvalue weighted by molar-refractivity contribution is -0.142. The molecule has 98 valence electrons. The van der Waals surface area contributed by atoms with Crippen molar-refractivity contribution in [1.29, 1.82) is 0 Å². The maximum absolute atomic E-state index is 11.9. The quantitative estimate of drug-likeness (QED) is 0.471. The van der Waals surface area contributed by atoms with Crippen molar-refractivity contribution >= 4 is 39.3 Å². The third kappa shape index (κ3) is 4.10. The number of benzene rings is 1. The van der Waals surface area contributed by atoms with Gasteiger partial charge in [0.05, 0.1) is 18.4 Å². The van der Waals surface area contributed by atoms with Crippen molar-refractivity contribution in [3.8, 4) is 0 Å². The second kappa shape index (κ2) is 6.90. The van der Waals surface area contributed by atoms with Gasteiger partial charge in [-0.15, -0.1) is 11.6 Å². The van der Waals surface area contributed by atoms with Crippen LogP contribution in [0.15, 0.2) is 22.7 Å². The van der Waals surface area contributed by atoms with Crippen LogP contribution in [-0.2, 0) is 16.0 Å². The van der Waals surface area contributed by atoms with Crippen molar-refractivity contribution in [2.24, 2.45) is 0 Å². The lowest BCUT2D eigenvalue weighted by Gasteiger charge is -2.08. The Labute approximate surface area is 120 Å². The van der Waals surface area contributed by atoms with Crippen LogP contribution in [-0.4, -0.2) is 23.7 Å². The van der Waals surface area contributed by atoms with Gasteiger partial charge in [0.25, 0.3) is 0 Å². The van der Waals surface area contributed by atoms with Gasteiger partial charge in [-0.2, -0.15) is 0 Å². The third-order valence-corrected chi connectivity index (χ3v) is 3.20. The number of carbonyl (C=O) groups is 2. The van der Waals surface area contributed by atoms with Crippen LogP contribution in [0.25, 0.3) is 0 Å². The minimum Gasteiger partial charge on any atom is -0.466 e. The lowest BCUT2D eigenvalue weighted by atomic mass is 10.0. The fraction of sp³-hybridized carbons (Fsp3) is 0.385. The molecule has 0 saturated heterocycles. The van der Waals surface area contributed by atoms with E-state index in [4.69, 9.17) is 16.3 Å². The van der Waals surface area contributed by atoms with Crippen LogP contribution in [0, 0.1) is 0 Å². The average molecular weight is 334 g/mol. The van der Waals surface area contributed by atoms with Gasteiger partial charge in [0.2, 0.25) is 0 Å². The second-order valence-electron chi connectivity index (χ2n) is 3.78. The summed E-state index contributed by atoms with van der Waals surface area (Å²) in [6.45, 7) is 3.72. The van der Waals surface area contributed by atoms with Crippen LogP contribution < -0.4 is 0 Å². The zero-order chi connectivity index (χ0) is 13.7. The van der Waals surface area contributed by atoms with Gasteiger partial charge in [-0.1, -0.05) is 22.0 Å². The van der Waals surface area contributed by atoms with Crippen LogP contribution in [0.4, 0.5) is 0 Å². The summed E-state index contributed by atoms with van der Waals surface area (Å²) in [5.41, 5.74) is 1.22. The molecule has 0 bridgehead atoms. The predicted molar refractivity (Wildman–Crippen MR) is 74.1 cm³/mol. The average Bonchev–Trinajstić information content (AvgIpc) is 2.31. The number of esters is 1. The normalized spacial score (nSPS) is 12.0. The van der Waals surface area contributed by atoms with Gasteiger partial charge in [0, 0.05) is 10.0 Å². The summed E-state index contributed by atoms with van der Waals surface area (Å²) in [4.78, 5) is 23.2. The molecule has 0 saturated carbocycles. The number of halogens is 2. The van der Waals surface area contributed by atoms with Crippen molar-refractivity contribution in [3.05, 3.63) is 33.8 Å². The Bertz CT molecular complexity index is 458. The standard InChI is InChI=1S/C13H14BrClO3/c1-3-18-12(16)7-9-4-5-11(14)10(6-9)13(17)8(2)15/h4-6,8H,3,7H2,1-2H3. The molecular formula is C13H14BrClO3. The first-order chi connectivity index (χ1) is 8.45. The molecule has 0 aliphatic carbocycles. The van der Waals surface area contributed by atoms with Gasteiger partial charge >= 0.3 is 5.97 Å². The second-order valence-corrected chi connectivity index (χ2v) is 5.29. The Morgan fingerprint density at radius 2 is 2.11 bits per heavy atom. The van der Waals surface area contributed by atoms with E-state index in [0.29, 0.717) is 16.6 Å². The molecule has 0 spiro atoms. The van der Waals surface area contributed by atoms with E-state index >= 15 is 0 Å². The highest BCUT2D eigenvalue weighted by atomic mass is 79.9. The number of carbonyl (C=O) groups excluding carboxylic acids is 2. The van der Waals surface area contributed by atoms with Gasteiger partial charge in [-0.05, 0) is 31.5 Å². The molecule has 0 aliphatic heterocycles. The Balaban J connectivity index is 2.94. The molecule has 1 aromatic rings. The van der Waals surface area contributed by atoms with Gasteiger partial charge in [0.15, 0.2) is 5.78 Å². The number of alkyl halides is 1. The first-order valence-corrected chi connectivity index (χ1v) is 6.81. The van der Waals surface area contributed by atoms with Gasteiger partial charge in [-0.25, -0.2) is 0 Å². The van der Waals surface area contributed by atoms with Crippen LogP contribution in [0.1, 0.15) is 29.8 Å². The van der Waals surface area contributed by atoms with Crippen LogP contribution in [0.3, 0.4) is 0 Å². The molecule has 0 fully saturated rings. The molecule has 1 unspecified atom stereocenters. The maximum atomic E-state index is 11.9. The lowest BCUT2D eigenvalue weighted by Crippen LogP contribution is -2.13. The number of hydrogen-bond donors (Lipinski definition) is 0. The molecule has 18 heavy (non-hydrogen) atoms. The monoisotopic (exact) mass is 332 g/mol. The molecular weight excluding hydrogens is 319 g/mol. The number of hydrogen-bond acceptors (Lipinski definition) is 3.